The van der Waals surface area contributed by atoms with Crippen LogP contribution in [0.4, 0.5) is 0 Å². The first-order valence-electron chi connectivity index (χ1n) is 7.30. The van der Waals surface area contributed by atoms with Crippen LogP contribution in [0.2, 0.25) is 0 Å². The number of nitrogens with zero attached hydrogens (tertiary/aromatic N) is 1. The van der Waals surface area contributed by atoms with E-state index in [9.17, 15) is 19.2 Å². The summed E-state index contributed by atoms with van der Waals surface area (Å²) in [6, 6.07) is 7.66. The quantitative estimate of drug-likeness (QED) is 0.682. The van der Waals surface area contributed by atoms with E-state index in [0.29, 0.717) is 0 Å². The van der Waals surface area contributed by atoms with Crippen molar-refractivity contribution >= 4 is 27.8 Å². The molecule has 8 nitrogen and oxygen atoms in total. The summed E-state index contributed by atoms with van der Waals surface area (Å²) in [5.74, 6) is -0.958. The smallest absolute Gasteiger partial charge is 0.328 e. The molecule has 2 N–H and O–H groups in total. The van der Waals surface area contributed by atoms with Crippen LogP contribution in [0.1, 0.15) is 18.0 Å². The first-order chi connectivity index (χ1) is 11.9. The number of benzene rings is 1. The van der Waals surface area contributed by atoms with Crippen LogP contribution in [-0.2, 0) is 20.9 Å². The van der Waals surface area contributed by atoms with Gasteiger partial charge in [-0.05, 0) is 17.7 Å². The number of esters is 1. The van der Waals surface area contributed by atoms with E-state index in [2.05, 4.69) is 31.0 Å². The van der Waals surface area contributed by atoms with E-state index in [0.717, 1.165) is 20.7 Å². The van der Waals surface area contributed by atoms with Crippen molar-refractivity contribution in [3.63, 3.8) is 0 Å². The molecule has 2 rings (SSSR count). The molecule has 1 atom stereocenters. The van der Waals surface area contributed by atoms with Crippen LogP contribution in [-0.4, -0.2) is 28.5 Å². The Bertz CT molecular complexity index is 872. The van der Waals surface area contributed by atoms with Crippen molar-refractivity contribution in [2.24, 2.45) is 0 Å². The van der Waals surface area contributed by atoms with Gasteiger partial charge < -0.3 is 10.1 Å². The van der Waals surface area contributed by atoms with Gasteiger partial charge >= 0.3 is 11.7 Å². The van der Waals surface area contributed by atoms with Crippen molar-refractivity contribution in [3.8, 4) is 0 Å². The molecule has 0 radical (unpaired) electrons. The van der Waals surface area contributed by atoms with Gasteiger partial charge in [0.15, 0.2) is 0 Å². The fraction of sp³-hybridized carbons (Fsp3) is 0.250. The molecule has 9 heteroatoms. The Labute approximate surface area is 151 Å². The number of halogens is 1. The van der Waals surface area contributed by atoms with E-state index in [4.69, 9.17) is 0 Å². The number of nitrogens with one attached hydrogen (secondary N) is 2. The predicted octanol–water partition coefficient (Wildman–Crippen LogP) is 0.720. The van der Waals surface area contributed by atoms with Gasteiger partial charge in [0.1, 0.15) is 6.54 Å². The maximum atomic E-state index is 12.2. The molecular weight excluding hydrogens is 394 g/mol. The summed E-state index contributed by atoms with van der Waals surface area (Å²) in [6.45, 7) is -0.288. The topological polar surface area (TPSA) is 110 Å². The molecular formula is C16H16BrN3O5. The maximum Gasteiger partial charge on any atom is 0.328 e. The lowest BCUT2D eigenvalue weighted by atomic mass is 10.0. The molecule has 0 aliphatic rings. The van der Waals surface area contributed by atoms with E-state index < -0.39 is 29.2 Å². The summed E-state index contributed by atoms with van der Waals surface area (Å²) in [4.78, 5) is 48.6. The average Bonchev–Trinajstić information content (AvgIpc) is 2.57. The molecule has 0 bridgehead atoms. The molecule has 1 amide bonds. The van der Waals surface area contributed by atoms with Crippen molar-refractivity contribution < 1.29 is 14.3 Å². The summed E-state index contributed by atoms with van der Waals surface area (Å²) >= 11 is 3.32. The highest BCUT2D eigenvalue weighted by molar-refractivity contribution is 9.10. The van der Waals surface area contributed by atoms with Crippen molar-refractivity contribution in [1.29, 1.82) is 0 Å². The lowest BCUT2D eigenvalue weighted by molar-refractivity contribution is -0.141. The molecule has 25 heavy (non-hydrogen) atoms. The Morgan fingerprint density at radius 1 is 1.24 bits per heavy atom. The van der Waals surface area contributed by atoms with E-state index in [-0.39, 0.29) is 13.0 Å². The Morgan fingerprint density at radius 2 is 1.92 bits per heavy atom. The largest absolute Gasteiger partial charge is 0.469 e. The maximum absolute atomic E-state index is 12.2. The van der Waals surface area contributed by atoms with Crippen molar-refractivity contribution in [3.05, 3.63) is 67.4 Å². The lowest BCUT2D eigenvalue weighted by Gasteiger charge is -2.18. The second-order valence-electron chi connectivity index (χ2n) is 5.19. The zero-order valence-corrected chi connectivity index (χ0v) is 14.9. The van der Waals surface area contributed by atoms with Gasteiger partial charge in [-0.2, -0.15) is 0 Å². The SMILES string of the molecule is COC(=O)CC(NC(=O)Cn1ccc(=O)[nH]c1=O)c1ccc(Br)cc1. The van der Waals surface area contributed by atoms with Crippen molar-refractivity contribution in [2.45, 2.75) is 19.0 Å². The van der Waals surface area contributed by atoms with Gasteiger partial charge in [0.25, 0.3) is 5.56 Å². The summed E-state index contributed by atoms with van der Waals surface area (Å²) in [7, 11) is 1.27. The third-order valence-electron chi connectivity index (χ3n) is 3.42. The number of amides is 1. The Balaban J connectivity index is 2.15. The van der Waals surface area contributed by atoms with Crippen LogP contribution in [0.3, 0.4) is 0 Å². The van der Waals surface area contributed by atoms with Crippen LogP contribution in [0.25, 0.3) is 0 Å². The Hall–Kier alpha value is -2.68. The third kappa shape index (κ3) is 5.42. The highest BCUT2D eigenvalue weighted by Crippen LogP contribution is 2.20. The Kier molecular flexibility index (Phi) is 6.29. The Morgan fingerprint density at radius 3 is 2.52 bits per heavy atom. The van der Waals surface area contributed by atoms with E-state index >= 15 is 0 Å². The van der Waals surface area contributed by atoms with Gasteiger partial charge in [0.05, 0.1) is 19.6 Å². The van der Waals surface area contributed by atoms with Crippen LogP contribution in [0.15, 0.2) is 50.6 Å². The molecule has 0 aliphatic carbocycles. The zero-order valence-electron chi connectivity index (χ0n) is 13.3. The van der Waals surface area contributed by atoms with Crippen LogP contribution < -0.4 is 16.6 Å². The molecule has 1 unspecified atom stereocenters. The first kappa shape index (κ1) is 18.7. The highest BCUT2D eigenvalue weighted by Gasteiger charge is 2.19. The standard InChI is InChI=1S/C16H16BrN3O5/c1-25-15(23)8-12(10-2-4-11(17)5-3-10)18-14(22)9-20-7-6-13(21)19-16(20)24/h2-7,12H,8-9H2,1H3,(H,18,22)(H,19,21,24). The van der Waals surface area contributed by atoms with Crippen LogP contribution in [0, 0.1) is 0 Å². The molecule has 132 valence electrons. The van der Waals surface area contributed by atoms with Gasteiger partial charge in [-0.25, -0.2) is 4.79 Å². The molecule has 0 spiro atoms. The number of rotatable bonds is 6. The number of ether oxygens (including phenoxy) is 1. The number of H-pyrrole nitrogens is 1. The number of methoxy groups -OCH3 is 1. The monoisotopic (exact) mass is 409 g/mol. The minimum Gasteiger partial charge on any atom is -0.469 e. The zero-order chi connectivity index (χ0) is 18.4. The average molecular weight is 410 g/mol. The third-order valence-corrected chi connectivity index (χ3v) is 3.95. The second kappa shape index (κ2) is 8.43. The molecule has 1 heterocycles. The lowest BCUT2D eigenvalue weighted by Crippen LogP contribution is -2.37. The number of aromatic nitrogens is 2. The number of hydrogen-bond acceptors (Lipinski definition) is 5. The van der Waals surface area contributed by atoms with E-state index in [1.165, 1.54) is 13.3 Å². The van der Waals surface area contributed by atoms with Crippen LogP contribution in [0.5, 0.6) is 0 Å². The van der Waals surface area contributed by atoms with Gasteiger partial charge in [-0.3, -0.25) is 23.9 Å². The van der Waals surface area contributed by atoms with E-state index in [1.807, 2.05) is 0 Å². The highest BCUT2D eigenvalue weighted by atomic mass is 79.9. The first-order valence-corrected chi connectivity index (χ1v) is 8.09. The number of carbonyl (C=O) groups is 2. The summed E-state index contributed by atoms with van der Waals surface area (Å²) < 4.78 is 6.59. The van der Waals surface area contributed by atoms with E-state index in [1.54, 1.807) is 24.3 Å². The predicted molar refractivity (Wildman–Crippen MR) is 93.0 cm³/mol. The minimum absolute atomic E-state index is 0.0512. The fourth-order valence-electron chi connectivity index (χ4n) is 2.16. The number of aromatic amines is 1. The van der Waals surface area contributed by atoms with Crippen LogP contribution >= 0.6 is 15.9 Å². The molecule has 1 aromatic heterocycles. The summed E-state index contributed by atoms with van der Waals surface area (Å²) in [5, 5.41) is 2.70. The normalized spacial score (nSPS) is 11.6. The molecule has 0 fully saturated rings. The number of hydrogen-bond donors (Lipinski definition) is 2. The van der Waals surface area contributed by atoms with Gasteiger partial charge in [-0.15, -0.1) is 0 Å². The van der Waals surface area contributed by atoms with Crippen molar-refractivity contribution in [2.75, 3.05) is 7.11 Å². The van der Waals surface area contributed by atoms with Gasteiger partial charge in [0, 0.05) is 16.7 Å². The molecule has 2 aromatic rings. The molecule has 0 aliphatic heterocycles. The molecule has 0 saturated heterocycles. The van der Waals surface area contributed by atoms with Crippen molar-refractivity contribution in [1.82, 2.24) is 14.9 Å². The summed E-state index contributed by atoms with van der Waals surface area (Å²) in [6.07, 6.45) is 1.18. The second-order valence-corrected chi connectivity index (χ2v) is 6.11. The minimum atomic E-state index is -0.684. The summed E-state index contributed by atoms with van der Waals surface area (Å²) in [5.41, 5.74) is -0.508. The molecule has 1 aromatic carbocycles. The van der Waals surface area contributed by atoms with Gasteiger partial charge in [0.2, 0.25) is 5.91 Å². The number of carbonyl (C=O) groups excluding carboxylic acids is 2. The molecule has 0 saturated carbocycles. The van der Waals surface area contributed by atoms with Gasteiger partial charge in [-0.1, -0.05) is 28.1 Å². The fourth-order valence-corrected chi connectivity index (χ4v) is 2.43.